The number of guanidine groups is 1. The second kappa shape index (κ2) is 11.6. The van der Waals surface area contributed by atoms with E-state index >= 15 is 0 Å². The number of oxazole rings is 1. The minimum atomic E-state index is 0. The van der Waals surface area contributed by atoms with Gasteiger partial charge in [0.15, 0.2) is 11.7 Å². The maximum Gasteiger partial charge on any atom is 0.216 e. The van der Waals surface area contributed by atoms with Crippen molar-refractivity contribution in [1.82, 2.24) is 25.4 Å². The molecule has 0 radical (unpaired) electrons. The molecule has 1 atom stereocenters. The Balaban J connectivity index is 0.00000306. The smallest absolute Gasteiger partial charge is 0.216 e. The zero-order valence-corrected chi connectivity index (χ0v) is 21.4. The average molecular weight is 556 g/mol. The van der Waals surface area contributed by atoms with Gasteiger partial charge in [0.2, 0.25) is 5.89 Å². The lowest BCUT2D eigenvalue weighted by Gasteiger charge is -2.18. The van der Waals surface area contributed by atoms with Crippen LogP contribution in [0.5, 0.6) is 0 Å². The third kappa shape index (κ3) is 6.44. The molecule has 0 amide bonds. The van der Waals surface area contributed by atoms with E-state index in [4.69, 9.17) is 4.42 Å². The molecule has 0 aliphatic rings. The average Bonchev–Trinajstić information content (AvgIpc) is 3.51. The molecular formula is C25H29IN6O. The Hall–Kier alpha value is -3.14. The second-order valence-electron chi connectivity index (χ2n) is 7.59. The number of nitrogens with zero attached hydrogens (tertiary/aromatic N) is 4. The largest absolute Gasteiger partial charge is 0.439 e. The maximum absolute atomic E-state index is 5.90. The number of halogens is 1. The minimum Gasteiger partial charge on any atom is -0.439 e. The summed E-state index contributed by atoms with van der Waals surface area (Å²) in [4.78, 5) is 9.05. The molecule has 2 aromatic carbocycles. The maximum atomic E-state index is 5.90. The summed E-state index contributed by atoms with van der Waals surface area (Å²) in [5.41, 5.74) is 4.38. The van der Waals surface area contributed by atoms with E-state index in [1.54, 1.807) is 12.4 Å². The van der Waals surface area contributed by atoms with E-state index < -0.39 is 0 Å². The van der Waals surface area contributed by atoms with Gasteiger partial charge in [-0.05, 0) is 44.5 Å². The van der Waals surface area contributed by atoms with Crippen molar-refractivity contribution < 1.29 is 4.42 Å². The molecule has 2 heterocycles. The van der Waals surface area contributed by atoms with E-state index in [1.807, 2.05) is 48.1 Å². The molecule has 172 valence electrons. The summed E-state index contributed by atoms with van der Waals surface area (Å²) in [6.07, 6.45) is 5.46. The molecule has 0 fully saturated rings. The third-order valence-electron chi connectivity index (χ3n) is 5.10. The van der Waals surface area contributed by atoms with Crippen LogP contribution in [0, 0.1) is 6.92 Å². The number of hydrogen-bond donors (Lipinski definition) is 2. The number of aryl methyl sites for hydroxylation is 1. The molecule has 2 N–H and O–H groups in total. The van der Waals surface area contributed by atoms with Gasteiger partial charge in [-0.25, -0.2) is 14.7 Å². The first-order valence-electron chi connectivity index (χ1n) is 10.8. The van der Waals surface area contributed by atoms with Crippen LogP contribution in [0.15, 0.2) is 82.6 Å². The summed E-state index contributed by atoms with van der Waals surface area (Å²) in [6, 6.07) is 18.4. The molecule has 1 unspecified atom stereocenters. The number of benzene rings is 2. The fraction of sp³-hybridized carbons (Fsp3) is 0.240. The molecular weight excluding hydrogens is 527 g/mol. The van der Waals surface area contributed by atoms with Crippen LogP contribution >= 0.6 is 24.0 Å². The van der Waals surface area contributed by atoms with Crippen molar-refractivity contribution in [2.45, 2.75) is 33.4 Å². The van der Waals surface area contributed by atoms with Crippen molar-refractivity contribution >= 4 is 29.9 Å². The van der Waals surface area contributed by atoms with Crippen molar-refractivity contribution in [2.24, 2.45) is 4.99 Å². The number of rotatable bonds is 7. The van der Waals surface area contributed by atoms with Crippen LogP contribution in [-0.2, 0) is 6.54 Å². The quantitative estimate of drug-likeness (QED) is 0.184. The van der Waals surface area contributed by atoms with Gasteiger partial charge in [-0.1, -0.05) is 42.0 Å². The zero-order valence-electron chi connectivity index (χ0n) is 19.0. The van der Waals surface area contributed by atoms with Crippen molar-refractivity contribution in [3.8, 4) is 17.0 Å². The zero-order chi connectivity index (χ0) is 22.3. The first kappa shape index (κ1) is 24.5. The van der Waals surface area contributed by atoms with Crippen LogP contribution in [0.2, 0.25) is 0 Å². The van der Waals surface area contributed by atoms with Crippen LogP contribution in [0.4, 0.5) is 0 Å². The molecule has 0 aliphatic carbocycles. The topological polar surface area (TPSA) is 80.3 Å². The van der Waals surface area contributed by atoms with Crippen LogP contribution in [0.3, 0.4) is 0 Å². The fourth-order valence-electron chi connectivity index (χ4n) is 3.35. The van der Waals surface area contributed by atoms with E-state index in [0.717, 1.165) is 29.1 Å². The standard InChI is InChI=1S/C25H28N6O.HI/c1-4-26-25(28-17-24-27-16-23(32-24)20-11-9-18(2)10-12-20)30-19(3)21-7-5-8-22(15-21)31-14-6-13-29-31;/h5-16,19H,4,17H2,1-3H3,(H2,26,28,30);1H. The molecule has 0 bridgehead atoms. The van der Waals surface area contributed by atoms with Gasteiger partial charge in [-0.2, -0.15) is 5.10 Å². The SMILES string of the molecule is CCNC(=NCc1ncc(-c2ccc(C)cc2)o1)NC(C)c1cccc(-n2cccn2)c1.I. The van der Waals surface area contributed by atoms with Crippen molar-refractivity contribution in [3.63, 3.8) is 0 Å². The van der Waals surface area contributed by atoms with Crippen molar-refractivity contribution in [2.75, 3.05) is 6.54 Å². The Kier molecular flexibility index (Phi) is 8.65. The van der Waals surface area contributed by atoms with Crippen LogP contribution in [0.1, 0.15) is 36.9 Å². The highest BCUT2D eigenvalue weighted by Crippen LogP contribution is 2.21. The molecule has 4 rings (SSSR count). The molecule has 4 aromatic rings. The highest BCUT2D eigenvalue weighted by Gasteiger charge is 2.11. The molecule has 8 heteroatoms. The third-order valence-corrected chi connectivity index (χ3v) is 5.10. The molecule has 7 nitrogen and oxygen atoms in total. The van der Waals surface area contributed by atoms with Gasteiger partial charge in [0.1, 0.15) is 6.54 Å². The van der Waals surface area contributed by atoms with E-state index in [1.165, 1.54) is 5.56 Å². The van der Waals surface area contributed by atoms with E-state index in [9.17, 15) is 0 Å². The highest BCUT2D eigenvalue weighted by molar-refractivity contribution is 14.0. The van der Waals surface area contributed by atoms with Gasteiger partial charge in [0, 0.05) is 24.5 Å². The predicted molar refractivity (Wildman–Crippen MR) is 142 cm³/mol. The summed E-state index contributed by atoms with van der Waals surface area (Å²) < 4.78 is 7.75. The van der Waals surface area contributed by atoms with Gasteiger partial charge < -0.3 is 15.1 Å². The number of nitrogens with one attached hydrogen (secondary N) is 2. The lowest BCUT2D eigenvalue weighted by atomic mass is 10.1. The Morgan fingerprint density at radius 2 is 1.97 bits per heavy atom. The summed E-state index contributed by atoms with van der Waals surface area (Å²) in [6.45, 7) is 7.32. The van der Waals surface area contributed by atoms with Gasteiger partial charge in [0.05, 0.1) is 17.9 Å². The lowest BCUT2D eigenvalue weighted by Crippen LogP contribution is -2.38. The molecule has 0 saturated carbocycles. The lowest BCUT2D eigenvalue weighted by molar-refractivity contribution is 0.508. The number of aromatic nitrogens is 3. The van der Waals surface area contributed by atoms with Gasteiger partial charge in [-0.3, -0.25) is 0 Å². The van der Waals surface area contributed by atoms with Gasteiger partial charge in [0.25, 0.3) is 0 Å². The van der Waals surface area contributed by atoms with Crippen LogP contribution in [-0.4, -0.2) is 27.3 Å². The molecule has 33 heavy (non-hydrogen) atoms. The van der Waals surface area contributed by atoms with E-state index in [0.29, 0.717) is 18.4 Å². The number of hydrogen-bond acceptors (Lipinski definition) is 4. The number of aliphatic imine (C=N–C) groups is 1. The first-order chi connectivity index (χ1) is 15.6. The van der Waals surface area contributed by atoms with Crippen LogP contribution < -0.4 is 10.6 Å². The summed E-state index contributed by atoms with van der Waals surface area (Å²) >= 11 is 0. The van der Waals surface area contributed by atoms with Crippen molar-refractivity contribution in [1.29, 1.82) is 0 Å². The Bertz CT molecular complexity index is 1170. The Morgan fingerprint density at radius 3 is 2.70 bits per heavy atom. The normalized spacial score (nSPS) is 12.2. The molecule has 0 aliphatic heterocycles. The molecule has 0 spiro atoms. The van der Waals surface area contributed by atoms with Crippen molar-refractivity contribution in [3.05, 3.63) is 90.2 Å². The highest BCUT2D eigenvalue weighted by atomic mass is 127. The molecule has 2 aromatic heterocycles. The first-order valence-corrected chi connectivity index (χ1v) is 10.8. The second-order valence-corrected chi connectivity index (χ2v) is 7.59. The summed E-state index contributed by atoms with van der Waals surface area (Å²) in [5.74, 6) is 2.03. The summed E-state index contributed by atoms with van der Waals surface area (Å²) in [7, 11) is 0. The van der Waals surface area contributed by atoms with Crippen LogP contribution in [0.25, 0.3) is 17.0 Å². The van der Waals surface area contributed by atoms with E-state index in [-0.39, 0.29) is 30.0 Å². The molecule has 0 saturated heterocycles. The Labute approximate surface area is 211 Å². The fourth-order valence-corrected chi connectivity index (χ4v) is 3.35. The predicted octanol–water partition coefficient (Wildman–Crippen LogP) is 5.27. The minimum absolute atomic E-state index is 0. The monoisotopic (exact) mass is 556 g/mol. The Morgan fingerprint density at radius 1 is 1.15 bits per heavy atom. The van der Waals surface area contributed by atoms with Gasteiger partial charge in [-0.15, -0.1) is 24.0 Å². The van der Waals surface area contributed by atoms with E-state index in [2.05, 4.69) is 63.8 Å². The van der Waals surface area contributed by atoms with Gasteiger partial charge >= 0.3 is 0 Å². The summed E-state index contributed by atoms with van der Waals surface area (Å²) in [5, 5.41) is 11.1.